The number of aromatic nitrogens is 4. The van der Waals surface area contributed by atoms with E-state index in [4.69, 9.17) is 0 Å². The summed E-state index contributed by atoms with van der Waals surface area (Å²) in [6.07, 6.45) is 8.84. The topological polar surface area (TPSA) is 63.9 Å². The fraction of sp³-hybridized carbons (Fsp3) is 0.304. The first-order valence-corrected chi connectivity index (χ1v) is 11.2. The van der Waals surface area contributed by atoms with Gasteiger partial charge in [0.25, 0.3) is 0 Å². The molecule has 0 aliphatic heterocycles. The predicted octanol–water partition coefficient (Wildman–Crippen LogP) is 4.65. The third-order valence-electron chi connectivity index (χ3n) is 5.17. The van der Waals surface area contributed by atoms with Gasteiger partial charge in [-0.1, -0.05) is 35.5 Å². The van der Waals surface area contributed by atoms with E-state index >= 15 is 0 Å². The summed E-state index contributed by atoms with van der Waals surface area (Å²) in [7, 11) is 0. The highest BCUT2D eigenvalue weighted by molar-refractivity contribution is 7.99. The molecule has 3 aromatic rings. The van der Waals surface area contributed by atoms with Crippen molar-refractivity contribution in [2.75, 3.05) is 12.3 Å². The highest BCUT2D eigenvalue weighted by atomic mass is 32.2. The third-order valence-corrected chi connectivity index (χ3v) is 6.08. The van der Waals surface area contributed by atoms with Crippen LogP contribution in [-0.2, 0) is 4.79 Å². The van der Waals surface area contributed by atoms with Gasteiger partial charge in [0, 0.05) is 35.9 Å². The van der Waals surface area contributed by atoms with E-state index in [0.29, 0.717) is 17.5 Å². The summed E-state index contributed by atoms with van der Waals surface area (Å²) in [4.78, 5) is 18.9. The third kappa shape index (κ3) is 4.31. The van der Waals surface area contributed by atoms with Gasteiger partial charge in [-0.05, 0) is 57.4 Å². The van der Waals surface area contributed by atoms with Crippen molar-refractivity contribution < 1.29 is 4.79 Å². The summed E-state index contributed by atoms with van der Waals surface area (Å²) >= 11 is 1.43. The molecular weight excluding hydrogens is 394 g/mol. The molecule has 1 amide bonds. The maximum absolute atomic E-state index is 12.9. The summed E-state index contributed by atoms with van der Waals surface area (Å²) < 4.78 is 2.01. The van der Waals surface area contributed by atoms with E-state index in [2.05, 4.69) is 52.4 Å². The van der Waals surface area contributed by atoms with Gasteiger partial charge in [0.2, 0.25) is 5.91 Å². The molecule has 1 aromatic carbocycles. The Hall–Kier alpha value is -2.93. The molecule has 1 aliphatic carbocycles. The van der Waals surface area contributed by atoms with E-state index in [9.17, 15) is 4.79 Å². The second-order valence-corrected chi connectivity index (χ2v) is 8.17. The van der Waals surface area contributed by atoms with Gasteiger partial charge in [0.1, 0.15) is 0 Å². The average molecular weight is 420 g/mol. The second-order valence-electron chi connectivity index (χ2n) is 7.23. The first kappa shape index (κ1) is 20.3. The fourth-order valence-electron chi connectivity index (χ4n) is 3.62. The van der Waals surface area contributed by atoms with E-state index in [1.165, 1.54) is 17.3 Å². The molecule has 6 nitrogen and oxygen atoms in total. The van der Waals surface area contributed by atoms with Gasteiger partial charge in [-0.3, -0.25) is 14.3 Å². The normalized spacial score (nSPS) is 13.3. The van der Waals surface area contributed by atoms with E-state index in [1.807, 2.05) is 28.5 Å². The Bertz CT molecular complexity index is 1040. The number of aryl methyl sites for hydroxylation is 1. The van der Waals surface area contributed by atoms with Crippen molar-refractivity contribution in [2.24, 2.45) is 0 Å². The van der Waals surface area contributed by atoms with Crippen LogP contribution in [0.25, 0.3) is 17.1 Å². The molecule has 0 unspecified atom stereocenters. The number of nitrogens with zero attached hydrogens (tertiary/aromatic N) is 5. The van der Waals surface area contributed by atoms with Crippen LogP contribution in [0.5, 0.6) is 0 Å². The molecule has 0 N–H and O–H groups in total. The molecule has 30 heavy (non-hydrogen) atoms. The van der Waals surface area contributed by atoms with Gasteiger partial charge in [-0.25, -0.2) is 0 Å². The summed E-state index contributed by atoms with van der Waals surface area (Å²) in [6.45, 7) is 4.78. The second kappa shape index (κ2) is 9.26. The largest absolute Gasteiger partial charge is 0.316 e. The van der Waals surface area contributed by atoms with Crippen LogP contribution < -0.4 is 0 Å². The Balaban J connectivity index is 1.62. The zero-order valence-electron chi connectivity index (χ0n) is 17.3. The molecule has 0 bridgehead atoms. The number of hydrogen-bond acceptors (Lipinski definition) is 5. The number of hydrogen-bond donors (Lipinski definition) is 0. The maximum Gasteiger partial charge on any atom is 0.237 e. The van der Waals surface area contributed by atoms with Crippen LogP contribution in [0.15, 0.2) is 65.7 Å². The van der Waals surface area contributed by atoms with Gasteiger partial charge < -0.3 is 4.90 Å². The van der Waals surface area contributed by atoms with Crippen LogP contribution in [-0.4, -0.2) is 42.9 Å². The lowest BCUT2D eigenvalue weighted by Gasteiger charge is -2.22. The van der Waals surface area contributed by atoms with Crippen molar-refractivity contribution >= 4 is 17.7 Å². The molecule has 2 heterocycles. The van der Waals surface area contributed by atoms with Crippen LogP contribution >= 0.6 is 11.8 Å². The first-order chi connectivity index (χ1) is 14.7. The number of pyridine rings is 1. The number of amides is 1. The number of thioether (sulfide) groups is 1. The Labute approximate surface area is 181 Å². The average Bonchev–Trinajstić information content (AvgIpc) is 3.44. The van der Waals surface area contributed by atoms with Crippen molar-refractivity contribution in [3.05, 3.63) is 66.1 Å². The molecule has 0 fully saturated rings. The summed E-state index contributed by atoms with van der Waals surface area (Å²) in [5.41, 5.74) is 4.24. The molecule has 2 aromatic heterocycles. The number of carbonyl (C=O) groups excluding carboxylic acids is 1. The maximum atomic E-state index is 12.9. The van der Waals surface area contributed by atoms with Crippen LogP contribution in [0.2, 0.25) is 0 Å². The standard InChI is InChI=1S/C23H25N5OS/c1-3-27(19-6-4-5-7-19)21(29)16-30-23-26-25-22(18-12-14-24-15-13-18)28(23)20-10-8-17(2)9-11-20/h6,8-15H,3-5,7,16H2,1-2H3. The summed E-state index contributed by atoms with van der Waals surface area (Å²) in [6, 6.07) is 12.1. The number of benzene rings is 1. The monoisotopic (exact) mass is 419 g/mol. The minimum absolute atomic E-state index is 0.111. The SMILES string of the molecule is CCN(C(=O)CSc1nnc(-c2ccncc2)n1-c1ccc(C)cc1)C1=CCCC1. The molecule has 7 heteroatoms. The molecule has 0 saturated carbocycles. The van der Waals surface area contributed by atoms with Gasteiger partial charge in [-0.2, -0.15) is 0 Å². The lowest BCUT2D eigenvalue weighted by atomic mass is 10.2. The van der Waals surface area contributed by atoms with Gasteiger partial charge in [0.05, 0.1) is 5.75 Å². The van der Waals surface area contributed by atoms with Gasteiger partial charge in [-0.15, -0.1) is 10.2 Å². The molecule has 0 radical (unpaired) electrons. The molecule has 0 spiro atoms. The lowest BCUT2D eigenvalue weighted by Crippen LogP contribution is -2.31. The summed E-state index contributed by atoms with van der Waals surface area (Å²) in [5, 5.41) is 9.55. The number of rotatable bonds is 7. The van der Waals surface area contributed by atoms with Crippen molar-refractivity contribution in [1.82, 2.24) is 24.6 Å². The minimum atomic E-state index is 0.111. The molecule has 0 saturated heterocycles. The number of carbonyl (C=O) groups is 1. The van der Waals surface area contributed by atoms with E-state index in [1.54, 1.807) is 12.4 Å². The zero-order chi connectivity index (χ0) is 20.9. The van der Waals surface area contributed by atoms with Crippen molar-refractivity contribution in [3.63, 3.8) is 0 Å². The fourth-order valence-corrected chi connectivity index (χ4v) is 4.45. The quantitative estimate of drug-likeness (QED) is 0.522. The van der Waals surface area contributed by atoms with Crippen molar-refractivity contribution in [3.8, 4) is 17.1 Å². The Kier molecular flexibility index (Phi) is 6.28. The highest BCUT2D eigenvalue weighted by Gasteiger charge is 2.21. The lowest BCUT2D eigenvalue weighted by molar-refractivity contribution is -0.126. The Morgan fingerprint density at radius 1 is 1.13 bits per heavy atom. The molecular formula is C23H25N5OS. The van der Waals surface area contributed by atoms with E-state index < -0.39 is 0 Å². The van der Waals surface area contributed by atoms with Crippen molar-refractivity contribution in [1.29, 1.82) is 0 Å². The van der Waals surface area contributed by atoms with E-state index in [0.717, 1.165) is 42.0 Å². The van der Waals surface area contributed by atoms with Crippen LogP contribution in [0.4, 0.5) is 0 Å². The van der Waals surface area contributed by atoms with Crippen LogP contribution in [0, 0.1) is 6.92 Å². The molecule has 154 valence electrons. The first-order valence-electron chi connectivity index (χ1n) is 10.2. The minimum Gasteiger partial charge on any atom is -0.316 e. The smallest absolute Gasteiger partial charge is 0.237 e. The van der Waals surface area contributed by atoms with Crippen molar-refractivity contribution in [2.45, 2.75) is 38.3 Å². The Morgan fingerprint density at radius 2 is 1.90 bits per heavy atom. The van der Waals surface area contributed by atoms with Crippen LogP contribution in [0.1, 0.15) is 31.7 Å². The van der Waals surface area contributed by atoms with Gasteiger partial charge >= 0.3 is 0 Å². The number of allylic oxidation sites excluding steroid dienone is 2. The summed E-state index contributed by atoms with van der Waals surface area (Å²) in [5.74, 6) is 1.17. The molecule has 0 atom stereocenters. The van der Waals surface area contributed by atoms with Gasteiger partial charge in [0.15, 0.2) is 11.0 Å². The molecule has 1 aliphatic rings. The van der Waals surface area contributed by atoms with E-state index in [-0.39, 0.29) is 5.91 Å². The molecule has 4 rings (SSSR count). The predicted molar refractivity (Wildman–Crippen MR) is 119 cm³/mol. The Morgan fingerprint density at radius 3 is 2.57 bits per heavy atom. The van der Waals surface area contributed by atoms with Crippen LogP contribution in [0.3, 0.4) is 0 Å². The zero-order valence-corrected chi connectivity index (χ0v) is 18.1. The highest BCUT2D eigenvalue weighted by Crippen LogP contribution is 2.29.